The molecule has 0 amide bonds. The van der Waals surface area contributed by atoms with E-state index in [1.165, 1.54) is 39.3 Å². The van der Waals surface area contributed by atoms with Crippen molar-refractivity contribution in [1.82, 2.24) is 0 Å². The van der Waals surface area contributed by atoms with Crippen LogP contribution in [0.2, 0.25) is 0 Å². The summed E-state index contributed by atoms with van der Waals surface area (Å²) in [5.41, 5.74) is 2.12. The molecule has 31 heavy (non-hydrogen) atoms. The van der Waals surface area contributed by atoms with Gasteiger partial charge in [0.25, 0.3) is 0 Å². The lowest BCUT2D eigenvalue weighted by Gasteiger charge is -2.54. The molecule has 2 saturated heterocycles. The smallest absolute Gasteiger partial charge is 0.309 e. The standard InChI is InChI=1S/C26H39NO4/c1-18(2)7-5-10-25(3)21-15-26(11-6-12-27-16-26)17-30-24(21)20-13-19(14-23(28)29-4)8-9-22(20)31-25/h8-9,13,18,21,24,27H,5-7,10-12,14-17H2,1-4H3/p+1/t21-,24+,25+,26+/m1/s1. The summed E-state index contributed by atoms with van der Waals surface area (Å²) in [6, 6.07) is 6.14. The fourth-order valence-corrected chi connectivity index (χ4v) is 5.99. The van der Waals surface area contributed by atoms with Crippen molar-refractivity contribution in [2.45, 2.75) is 77.4 Å². The van der Waals surface area contributed by atoms with Gasteiger partial charge in [-0.3, -0.25) is 4.79 Å². The molecule has 0 aliphatic carbocycles. The molecule has 2 fully saturated rings. The third-order valence-electron chi connectivity index (χ3n) is 7.82. The first-order valence-corrected chi connectivity index (χ1v) is 12.2. The highest BCUT2D eigenvalue weighted by Gasteiger charge is 2.54. The molecule has 4 atom stereocenters. The summed E-state index contributed by atoms with van der Waals surface area (Å²) >= 11 is 0. The quantitative estimate of drug-likeness (QED) is 0.698. The Hall–Kier alpha value is -1.59. The van der Waals surface area contributed by atoms with Crippen molar-refractivity contribution >= 4 is 5.97 Å². The van der Waals surface area contributed by atoms with Crippen LogP contribution >= 0.6 is 0 Å². The normalized spacial score (nSPS) is 32.3. The van der Waals surface area contributed by atoms with Crippen molar-refractivity contribution in [2.24, 2.45) is 17.3 Å². The van der Waals surface area contributed by atoms with Crippen LogP contribution in [0.25, 0.3) is 0 Å². The van der Waals surface area contributed by atoms with Gasteiger partial charge in [-0.2, -0.15) is 0 Å². The maximum Gasteiger partial charge on any atom is 0.309 e. The summed E-state index contributed by atoms with van der Waals surface area (Å²) in [4.78, 5) is 11.8. The Morgan fingerprint density at radius 1 is 1.35 bits per heavy atom. The van der Waals surface area contributed by atoms with Crippen LogP contribution < -0.4 is 10.1 Å². The predicted molar refractivity (Wildman–Crippen MR) is 120 cm³/mol. The molecule has 5 nitrogen and oxygen atoms in total. The van der Waals surface area contributed by atoms with Gasteiger partial charge in [-0.05, 0) is 62.6 Å². The molecule has 0 saturated carbocycles. The van der Waals surface area contributed by atoms with Gasteiger partial charge in [0.1, 0.15) is 11.4 Å². The SMILES string of the molecule is COC(=O)Cc1ccc2c(c1)[C@@H]1OC[C@@]3(CCC[NH2+]C3)C[C@H]1[C@](C)(CCCC(C)C)O2. The number of fused-ring (bicyclic) bond motifs is 3. The van der Waals surface area contributed by atoms with E-state index in [2.05, 4.69) is 32.2 Å². The van der Waals surface area contributed by atoms with Crippen LogP contribution in [0.4, 0.5) is 0 Å². The highest BCUT2D eigenvalue weighted by atomic mass is 16.5. The first-order chi connectivity index (χ1) is 14.8. The van der Waals surface area contributed by atoms with Crippen molar-refractivity contribution < 1.29 is 24.3 Å². The van der Waals surface area contributed by atoms with Crippen LogP contribution in [-0.2, 0) is 20.7 Å². The number of piperidine rings is 1. The molecule has 0 aromatic heterocycles. The van der Waals surface area contributed by atoms with Crippen molar-refractivity contribution in [3.8, 4) is 5.75 Å². The van der Waals surface area contributed by atoms with E-state index < -0.39 is 0 Å². The van der Waals surface area contributed by atoms with Crippen LogP contribution in [0.3, 0.4) is 0 Å². The molecule has 0 bridgehead atoms. The average molecular weight is 431 g/mol. The van der Waals surface area contributed by atoms with Crippen LogP contribution in [0.15, 0.2) is 18.2 Å². The van der Waals surface area contributed by atoms with Crippen molar-refractivity contribution in [3.63, 3.8) is 0 Å². The summed E-state index contributed by atoms with van der Waals surface area (Å²) in [5, 5.41) is 2.47. The molecule has 3 heterocycles. The van der Waals surface area contributed by atoms with Gasteiger partial charge in [-0.25, -0.2) is 0 Å². The number of hydrogen-bond acceptors (Lipinski definition) is 4. The van der Waals surface area contributed by atoms with Gasteiger partial charge in [0, 0.05) is 16.9 Å². The highest BCUT2D eigenvalue weighted by molar-refractivity contribution is 5.72. The topological polar surface area (TPSA) is 61.4 Å². The van der Waals surface area contributed by atoms with Crippen molar-refractivity contribution in [1.29, 1.82) is 0 Å². The molecule has 4 rings (SSSR count). The van der Waals surface area contributed by atoms with E-state index in [1.807, 2.05) is 12.1 Å². The lowest BCUT2D eigenvalue weighted by molar-refractivity contribution is -0.678. The van der Waals surface area contributed by atoms with Gasteiger partial charge in [0.2, 0.25) is 0 Å². The number of methoxy groups -OCH3 is 1. The van der Waals surface area contributed by atoms with E-state index in [0.717, 1.165) is 42.9 Å². The van der Waals surface area contributed by atoms with Gasteiger partial charge in [-0.1, -0.05) is 26.3 Å². The highest BCUT2D eigenvalue weighted by Crippen LogP contribution is 2.55. The molecule has 2 N–H and O–H groups in total. The zero-order chi connectivity index (χ0) is 22.1. The average Bonchev–Trinajstić information content (AvgIpc) is 2.75. The van der Waals surface area contributed by atoms with Gasteiger partial charge in [0.15, 0.2) is 0 Å². The van der Waals surface area contributed by atoms with E-state index in [9.17, 15) is 4.79 Å². The van der Waals surface area contributed by atoms with E-state index in [-0.39, 0.29) is 29.5 Å². The largest absolute Gasteiger partial charge is 0.487 e. The molecular formula is C26H40NO4+. The molecule has 1 spiro atoms. The van der Waals surface area contributed by atoms with Gasteiger partial charge < -0.3 is 19.5 Å². The van der Waals surface area contributed by atoms with Crippen LogP contribution in [-0.4, -0.2) is 38.4 Å². The summed E-state index contributed by atoms with van der Waals surface area (Å²) in [5.74, 6) is 1.75. The molecule has 3 aliphatic heterocycles. The number of esters is 1. The second-order valence-corrected chi connectivity index (χ2v) is 10.8. The van der Waals surface area contributed by atoms with E-state index in [4.69, 9.17) is 14.2 Å². The Kier molecular flexibility index (Phi) is 6.64. The maximum atomic E-state index is 11.8. The molecule has 1 aromatic carbocycles. The third kappa shape index (κ3) is 4.78. The Morgan fingerprint density at radius 2 is 2.19 bits per heavy atom. The fraction of sp³-hybridized carbons (Fsp3) is 0.731. The monoisotopic (exact) mass is 430 g/mol. The molecule has 172 valence electrons. The Balaban J connectivity index is 1.64. The van der Waals surface area contributed by atoms with E-state index in [0.29, 0.717) is 11.8 Å². The number of quaternary nitrogens is 1. The molecule has 0 radical (unpaired) electrons. The molecule has 3 aliphatic rings. The lowest BCUT2D eigenvalue weighted by atomic mass is 9.64. The fourth-order valence-electron chi connectivity index (χ4n) is 5.99. The summed E-state index contributed by atoms with van der Waals surface area (Å²) in [6.45, 7) is 10.1. The van der Waals surface area contributed by atoms with E-state index in [1.54, 1.807) is 0 Å². The summed E-state index contributed by atoms with van der Waals surface area (Å²) in [6.07, 6.45) is 7.46. The Bertz CT molecular complexity index is 786. The first-order valence-electron chi connectivity index (χ1n) is 12.2. The summed E-state index contributed by atoms with van der Waals surface area (Å²) < 4.78 is 18.4. The van der Waals surface area contributed by atoms with Gasteiger partial charge >= 0.3 is 5.97 Å². The van der Waals surface area contributed by atoms with Crippen LogP contribution in [0.1, 0.15) is 76.5 Å². The van der Waals surface area contributed by atoms with Crippen molar-refractivity contribution in [3.05, 3.63) is 29.3 Å². The number of nitrogens with two attached hydrogens (primary N) is 1. The molecular weight excluding hydrogens is 390 g/mol. The first kappa shape index (κ1) is 22.6. The van der Waals surface area contributed by atoms with Gasteiger partial charge in [-0.15, -0.1) is 0 Å². The number of benzene rings is 1. The maximum absolute atomic E-state index is 11.8. The lowest BCUT2D eigenvalue weighted by Crippen LogP contribution is -2.89. The second-order valence-electron chi connectivity index (χ2n) is 10.8. The Morgan fingerprint density at radius 3 is 2.90 bits per heavy atom. The minimum absolute atomic E-state index is 0.0398. The number of hydrogen-bond donors (Lipinski definition) is 1. The second kappa shape index (κ2) is 9.11. The number of carbonyl (C=O) groups is 1. The Labute approximate surface area is 187 Å². The van der Waals surface area contributed by atoms with Gasteiger partial charge in [0.05, 0.1) is 39.3 Å². The zero-order valence-electron chi connectivity index (χ0n) is 19.7. The molecule has 0 unspecified atom stereocenters. The minimum atomic E-state index is -0.221. The third-order valence-corrected chi connectivity index (χ3v) is 7.82. The minimum Gasteiger partial charge on any atom is -0.487 e. The number of rotatable bonds is 6. The predicted octanol–water partition coefficient (Wildman–Crippen LogP) is 3.80. The number of carbonyl (C=O) groups excluding carboxylic acids is 1. The summed E-state index contributed by atoms with van der Waals surface area (Å²) in [7, 11) is 1.44. The van der Waals surface area contributed by atoms with Crippen molar-refractivity contribution in [2.75, 3.05) is 26.8 Å². The van der Waals surface area contributed by atoms with Crippen LogP contribution in [0, 0.1) is 17.3 Å². The molecule has 5 heteroatoms. The molecule has 1 aromatic rings. The number of ether oxygens (including phenoxy) is 3. The van der Waals surface area contributed by atoms with Crippen LogP contribution in [0.5, 0.6) is 5.75 Å². The van der Waals surface area contributed by atoms with E-state index >= 15 is 0 Å². The zero-order valence-corrected chi connectivity index (χ0v) is 19.7.